The van der Waals surface area contributed by atoms with Gasteiger partial charge in [0.05, 0.1) is 11.0 Å². The quantitative estimate of drug-likeness (QED) is 0.634. The van der Waals surface area contributed by atoms with Crippen LogP contribution < -0.4 is 5.32 Å². The average Bonchev–Trinajstić information content (AvgIpc) is 2.53. The van der Waals surface area contributed by atoms with E-state index in [1.807, 2.05) is 0 Å². The van der Waals surface area contributed by atoms with Crippen molar-refractivity contribution in [1.82, 2.24) is 9.97 Å². The Morgan fingerprint density at radius 1 is 1.00 bits per heavy atom. The third kappa shape index (κ3) is 4.25. The molecule has 2 aromatic rings. The fraction of sp³-hybridized carbons (Fsp3) is 0.412. The molecule has 1 aromatic heterocycles. The van der Waals surface area contributed by atoms with Crippen molar-refractivity contribution in [1.29, 1.82) is 0 Å². The predicted octanol–water partition coefficient (Wildman–Crippen LogP) is 4.32. The van der Waals surface area contributed by atoms with Gasteiger partial charge < -0.3 is 5.32 Å². The maximum atomic E-state index is 10.7. The standard InChI is InChI=1S/C17H22N4O2/c1-11(2)13-5-7-14(8-6-13)16(12(3)4)20-17-18-9-15(10-19-17)21(22)23/h5-12,16H,1-4H3,(H,18,19,20). The number of anilines is 1. The number of nitro groups is 1. The lowest BCUT2D eigenvalue weighted by Crippen LogP contribution is -2.18. The fourth-order valence-corrected chi connectivity index (χ4v) is 2.35. The van der Waals surface area contributed by atoms with Gasteiger partial charge in [0.25, 0.3) is 0 Å². The van der Waals surface area contributed by atoms with E-state index in [4.69, 9.17) is 0 Å². The van der Waals surface area contributed by atoms with Gasteiger partial charge in [-0.3, -0.25) is 10.1 Å². The minimum absolute atomic E-state index is 0.0395. The Morgan fingerprint density at radius 3 is 1.96 bits per heavy atom. The van der Waals surface area contributed by atoms with Crippen molar-refractivity contribution in [2.75, 3.05) is 5.32 Å². The highest BCUT2D eigenvalue weighted by atomic mass is 16.6. The smallest absolute Gasteiger partial charge is 0.305 e. The van der Waals surface area contributed by atoms with E-state index in [9.17, 15) is 10.1 Å². The molecular formula is C17H22N4O2. The first kappa shape index (κ1) is 16.9. The summed E-state index contributed by atoms with van der Waals surface area (Å²) in [6.45, 7) is 8.55. The second-order valence-corrected chi connectivity index (χ2v) is 6.21. The topological polar surface area (TPSA) is 81.0 Å². The fourth-order valence-electron chi connectivity index (χ4n) is 2.35. The molecule has 1 heterocycles. The molecule has 0 amide bonds. The van der Waals surface area contributed by atoms with Crippen LogP contribution in [-0.2, 0) is 0 Å². The Labute approximate surface area is 136 Å². The van der Waals surface area contributed by atoms with Crippen LogP contribution in [0, 0.1) is 16.0 Å². The maximum Gasteiger partial charge on any atom is 0.305 e. The molecule has 0 fully saturated rings. The van der Waals surface area contributed by atoms with Crippen molar-refractivity contribution in [3.05, 3.63) is 57.9 Å². The molecule has 0 saturated carbocycles. The highest BCUT2D eigenvalue weighted by molar-refractivity contribution is 5.36. The first-order chi connectivity index (χ1) is 10.9. The first-order valence-electron chi connectivity index (χ1n) is 7.71. The largest absolute Gasteiger partial charge is 0.347 e. The lowest BCUT2D eigenvalue weighted by molar-refractivity contribution is -0.385. The summed E-state index contributed by atoms with van der Waals surface area (Å²) < 4.78 is 0. The van der Waals surface area contributed by atoms with Gasteiger partial charge in [-0.05, 0) is 23.0 Å². The summed E-state index contributed by atoms with van der Waals surface area (Å²) in [7, 11) is 0. The minimum Gasteiger partial charge on any atom is -0.347 e. The molecule has 6 nitrogen and oxygen atoms in total. The maximum absolute atomic E-state index is 10.7. The van der Waals surface area contributed by atoms with Crippen molar-refractivity contribution in [2.45, 2.75) is 39.7 Å². The highest BCUT2D eigenvalue weighted by Crippen LogP contribution is 2.27. The minimum atomic E-state index is -0.506. The van der Waals surface area contributed by atoms with Crippen LogP contribution in [-0.4, -0.2) is 14.9 Å². The Hall–Kier alpha value is -2.50. The Morgan fingerprint density at radius 2 is 1.52 bits per heavy atom. The van der Waals surface area contributed by atoms with Crippen LogP contribution in [0.1, 0.15) is 50.8 Å². The van der Waals surface area contributed by atoms with Crippen molar-refractivity contribution in [3.8, 4) is 0 Å². The van der Waals surface area contributed by atoms with Crippen LogP contribution in [0.15, 0.2) is 36.7 Å². The Kier molecular flexibility index (Phi) is 5.26. The van der Waals surface area contributed by atoms with E-state index in [1.165, 1.54) is 18.0 Å². The van der Waals surface area contributed by atoms with Gasteiger partial charge >= 0.3 is 5.69 Å². The van der Waals surface area contributed by atoms with E-state index in [0.29, 0.717) is 17.8 Å². The molecule has 2 rings (SSSR count). The number of rotatable bonds is 6. The summed E-state index contributed by atoms with van der Waals surface area (Å²) in [5, 5.41) is 13.9. The zero-order valence-corrected chi connectivity index (χ0v) is 13.9. The molecule has 1 N–H and O–H groups in total. The number of nitrogens with one attached hydrogen (secondary N) is 1. The average molecular weight is 314 g/mol. The van der Waals surface area contributed by atoms with E-state index in [-0.39, 0.29) is 11.7 Å². The van der Waals surface area contributed by atoms with Gasteiger partial charge in [0.15, 0.2) is 0 Å². The van der Waals surface area contributed by atoms with Crippen LogP contribution >= 0.6 is 0 Å². The third-order valence-corrected chi connectivity index (χ3v) is 3.76. The van der Waals surface area contributed by atoms with Gasteiger partial charge in [0.2, 0.25) is 5.95 Å². The molecule has 6 heteroatoms. The van der Waals surface area contributed by atoms with Crippen molar-refractivity contribution in [3.63, 3.8) is 0 Å². The van der Waals surface area contributed by atoms with Gasteiger partial charge in [-0.1, -0.05) is 52.0 Å². The van der Waals surface area contributed by atoms with Crippen LogP contribution in [0.4, 0.5) is 11.6 Å². The zero-order valence-electron chi connectivity index (χ0n) is 13.9. The normalized spacial score (nSPS) is 12.4. The summed E-state index contributed by atoms with van der Waals surface area (Å²) in [6.07, 6.45) is 2.43. The summed E-state index contributed by atoms with van der Waals surface area (Å²) in [6, 6.07) is 8.52. The molecule has 0 radical (unpaired) electrons. The number of benzene rings is 1. The van der Waals surface area contributed by atoms with Gasteiger partial charge in [-0.2, -0.15) is 0 Å². The number of hydrogen-bond acceptors (Lipinski definition) is 5. The molecule has 0 aliphatic carbocycles. The molecule has 0 spiro atoms. The summed E-state index contributed by atoms with van der Waals surface area (Å²) >= 11 is 0. The lowest BCUT2D eigenvalue weighted by atomic mass is 9.93. The summed E-state index contributed by atoms with van der Waals surface area (Å²) in [4.78, 5) is 18.2. The van der Waals surface area contributed by atoms with Gasteiger partial charge in [-0.15, -0.1) is 0 Å². The van der Waals surface area contributed by atoms with Gasteiger partial charge in [0, 0.05) is 0 Å². The number of nitrogens with zero attached hydrogens (tertiary/aromatic N) is 3. The van der Waals surface area contributed by atoms with Crippen LogP contribution in [0.3, 0.4) is 0 Å². The zero-order chi connectivity index (χ0) is 17.0. The highest BCUT2D eigenvalue weighted by Gasteiger charge is 2.17. The van der Waals surface area contributed by atoms with Crippen LogP contribution in [0.25, 0.3) is 0 Å². The summed E-state index contributed by atoms with van der Waals surface area (Å²) in [5.74, 6) is 1.20. The molecular weight excluding hydrogens is 292 g/mol. The van der Waals surface area contributed by atoms with Gasteiger partial charge in [0.1, 0.15) is 12.4 Å². The SMILES string of the molecule is CC(C)c1ccc(C(Nc2ncc([N+](=O)[O-])cn2)C(C)C)cc1. The molecule has 0 aliphatic rings. The predicted molar refractivity (Wildman–Crippen MR) is 90.4 cm³/mol. The van der Waals surface area contributed by atoms with Crippen LogP contribution in [0.5, 0.6) is 0 Å². The van der Waals surface area contributed by atoms with Crippen molar-refractivity contribution < 1.29 is 4.92 Å². The molecule has 1 atom stereocenters. The molecule has 0 bridgehead atoms. The van der Waals surface area contributed by atoms with E-state index in [1.54, 1.807) is 0 Å². The lowest BCUT2D eigenvalue weighted by Gasteiger charge is -2.23. The monoisotopic (exact) mass is 314 g/mol. The molecule has 1 aromatic carbocycles. The summed E-state index contributed by atoms with van der Waals surface area (Å²) in [5.41, 5.74) is 2.33. The van der Waals surface area contributed by atoms with E-state index < -0.39 is 4.92 Å². The van der Waals surface area contributed by atoms with Crippen molar-refractivity contribution >= 4 is 11.6 Å². The number of aromatic nitrogens is 2. The van der Waals surface area contributed by atoms with Crippen LogP contribution in [0.2, 0.25) is 0 Å². The molecule has 122 valence electrons. The Balaban J connectivity index is 2.19. The van der Waals surface area contributed by atoms with E-state index in [0.717, 1.165) is 5.56 Å². The second-order valence-electron chi connectivity index (χ2n) is 6.21. The first-order valence-corrected chi connectivity index (χ1v) is 7.71. The molecule has 23 heavy (non-hydrogen) atoms. The van der Waals surface area contributed by atoms with Gasteiger partial charge in [-0.25, -0.2) is 9.97 Å². The van der Waals surface area contributed by atoms with Crippen molar-refractivity contribution in [2.24, 2.45) is 5.92 Å². The molecule has 0 aliphatic heterocycles. The third-order valence-electron chi connectivity index (χ3n) is 3.76. The second kappa shape index (κ2) is 7.17. The van der Waals surface area contributed by atoms with E-state index in [2.05, 4.69) is 67.2 Å². The Bertz CT molecular complexity index is 651. The molecule has 0 saturated heterocycles. The number of hydrogen-bond donors (Lipinski definition) is 1. The van der Waals surface area contributed by atoms with E-state index >= 15 is 0 Å². The molecule has 1 unspecified atom stereocenters.